The van der Waals surface area contributed by atoms with Crippen LogP contribution in [0.3, 0.4) is 0 Å². The molecule has 0 unspecified atom stereocenters. The van der Waals surface area contributed by atoms with Gasteiger partial charge in [-0.1, -0.05) is 127 Å². The summed E-state index contributed by atoms with van der Waals surface area (Å²) in [6, 6.07) is 46.1. The van der Waals surface area contributed by atoms with Gasteiger partial charge in [-0.2, -0.15) is 0 Å². The lowest BCUT2D eigenvalue weighted by atomic mass is 9.87. The molecule has 0 fully saturated rings. The maximum absolute atomic E-state index is 15.1. The van der Waals surface area contributed by atoms with Crippen LogP contribution >= 0.6 is 23.4 Å². The summed E-state index contributed by atoms with van der Waals surface area (Å²) in [4.78, 5) is 18.0. The summed E-state index contributed by atoms with van der Waals surface area (Å²) in [6.45, 7) is 0. The Bertz CT molecular complexity index is 1740. The summed E-state index contributed by atoms with van der Waals surface area (Å²) in [5.41, 5.74) is 4.01. The molecule has 2 heterocycles. The highest BCUT2D eigenvalue weighted by molar-refractivity contribution is 7.99. The SMILES string of the molecule is O=C1C(c2ccccc2)=C(c2ccccc2)O[C@]2(c3ccccc3)C[C@H](c3ccc(Cl)cc3)Sc3ccccc3N12. The molecule has 0 radical (unpaired) electrons. The summed E-state index contributed by atoms with van der Waals surface area (Å²) in [5.74, 6) is 0.496. The topological polar surface area (TPSA) is 29.5 Å². The molecular weight excluding hydrogens is 546 g/mol. The maximum Gasteiger partial charge on any atom is 0.266 e. The van der Waals surface area contributed by atoms with E-state index >= 15 is 4.79 Å². The van der Waals surface area contributed by atoms with Crippen molar-refractivity contribution in [2.45, 2.75) is 22.3 Å². The molecule has 0 aliphatic carbocycles. The van der Waals surface area contributed by atoms with E-state index in [1.54, 1.807) is 11.8 Å². The van der Waals surface area contributed by atoms with Crippen LogP contribution < -0.4 is 4.90 Å². The van der Waals surface area contributed by atoms with Crippen molar-refractivity contribution in [3.8, 4) is 0 Å². The molecule has 1 amide bonds. The molecule has 7 rings (SSSR count). The van der Waals surface area contributed by atoms with Crippen LogP contribution in [0.15, 0.2) is 144 Å². The van der Waals surface area contributed by atoms with E-state index in [1.807, 2.05) is 114 Å². The minimum atomic E-state index is -1.11. The molecule has 0 saturated carbocycles. The molecule has 5 aromatic carbocycles. The second kappa shape index (κ2) is 10.6. The lowest BCUT2D eigenvalue weighted by molar-refractivity contribution is -0.120. The van der Waals surface area contributed by atoms with E-state index in [-0.39, 0.29) is 11.2 Å². The van der Waals surface area contributed by atoms with Gasteiger partial charge in [-0.15, -0.1) is 11.8 Å². The van der Waals surface area contributed by atoms with Gasteiger partial charge >= 0.3 is 0 Å². The maximum atomic E-state index is 15.1. The molecule has 0 saturated heterocycles. The first kappa shape index (κ1) is 25.7. The number of hydrogen-bond donors (Lipinski definition) is 0. The molecule has 5 aromatic rings. The average molecular weight is 572 g/mol. The first-order chi connectivity index (χ1) is 20.1. The summed E-state index contributed by atoms with van der Waals surface area (Å²) < 4.78 is 7.35. The van der Waals surface area contributed by atoms with Gasteiger partial charge < -0.3 is 4.74 Å². The number of carbonyl (C=O) groups excluding carboxylic acids is 1. The second-order valence-corrected chi connectivity index (χ2v) is 11.8. The van der Waals surface area contributed by atoms with E-state index in [0.29, 0.717) is 22.8 Å². The number of nitrogens with zero attached hydrogens (tertiary/aromatic N) is 1. The highest BCUT2D eigenvalue weighted by atomic mass is 35.5. The van der Waals surface area contributed by atoms with Gasteiger partial charge in [0.05, 0.1) is 11.3 Å². The van der Waals surface area contributed by atoms with Crippen molar-refractivity contribution in [1.29, 1.82) is 0 Å². The molecule has 2 aliphatic rings. The van der Waals surface area contributed by atoms with Gasteiger partial charge in [-0.25, -0.2) is 0 Å². The van der Waals surface area contributed by atoms with Crippen LogP contribution in [0.2, 0.25) is 5.02 Å². The number of para-hydroxylation sites is 1. The number of fused-ring (bicyclic) bond motifs is 3. The van der Waals surface area contributed by atoms with Gasteiger partial charge in [0.25, 0.3) is 5.91 Å². The third-order valence-corrected chi connectivity index (χ3v) is 9.25. The number of benzene rings is 5. The molecule has 2 atom stereocenters. The molecule has 0 aromatic heterocycles. The standard InChI is InChI=1S/C36H26ClNO2S/c37-29-22-20-25(21-23-29)32-24-36(28-16-8-3-9-17-28)38(30-18-10-11-19-31(30)41-32)35(39)33(26-12-4-1-5-13-26)34(40-36)27-14-6-2-7-15-27/h1-23,32H,24H2/t32-,36+/m1/s1. The first-order valence-corrected chi connectivity index (χ1v) is 14.9. The van der Waals surface area contributed by atoms with Crippen molar-refractivity contribution in [3.05, 3.63) is 167 Å². The summed E-state index contributed by atoms with van der Waals surface area (Å²) in [5, 5.41) is 0.680. The predicted molar refractivity (Wildman–Crippen MR) is 167 cm³/mol. The molecule has 0 spiro atoms. The van der Waals surface area contributed by atoms with Crippen molar-refractivity contribution < 1.29 is 9.53 Å². The Kier molecular flexibility index (Phi) is 6.66. The number of ether oxygens (including phenoxy) is 1. The number of rotatable bonds is 4. The zero-order chi connectivity index (χ0) is 27.8. The van der Waals surface area contributed by atoms with E-state index < -0.39 is 5.72 Å². The molecule has 2 aliphatic heterocycles. The molecule has 41 heavy (non-hydrogen) atoms. The quantitative estimate of drug-likeness (QED) is 0.215. The lowest BCUT2D eigenvalue weighted by Gasteiger charge is -2.48. The Balaban J connectivity index is 1.54. The number of amides is 1. The van der Waals surface area contributed by atoms with E-state index in [1.165, 1.54) is 0 Å². The highest BCUT2D eigenvalue weighted by Crippen LogP contribution is 2.58. The molecule has 0 N–H and O–H groups in total. The van der Waals surface area contributed by atoms with Crippen molar-refractivity contribution in [1.82, 2.24) is 0 Å². The van der Waals surface area contributed by atoms with Crippen LogP contribution in [0.1, 0.15) is 33.9 Å². The Morgan fingerprint density at radius 3 is 1.98 bits per heavy atom. The van der Waals surface area contributed by atoms with Crippen LogP contribution in [-0.4, -0.2) is 5.91 Å². The van der Waals surface area contributed by atoms with E-state index in [0.717, 1.165) is 32.8 Å². The molecule has 200 valence electrons. The Morgan fingerprint density at radius 2 is 1.29 bits per heavy atom. The zero-order valence-electron chi connectivity index (χ0n) is 22.1. The van der Waals surface area contributed by atoms with Gasteiger partial charge in [0.1, 0.15) is 5.76 Å². The fourth-order valence-electron chi connectivity index (χ4n) is 5.78. The van der Waals surface area contributed by atoms with Crippen molar-refractivity contribution in [3.63, 3.8) is 0 Å². The Hall–Kier alpha value is -4.25. The minimum absolute atomic E-state index is 0.0123. The van der Waals surface area contributed by atoms with Crippen LogP contribution in [0.4, 0.5) is 5.69 Å². The van der Waals surface area contributed by atoms with E-state index in [4.69, 9.17) is 16.3 Å². The molecular formula is C36H26ClNO2S. The minimum Gasteiger partial charge on any atom is -0.462 e. The normalized spacial score (nSPS) is 20.1. The Labute approximate surface area is 249 Å². The number of halogens is 1. The fraction of sp³-hybridized carbons (Fsp3) is 0.0833. The van der Waals surface area contributed by atoms with Crippen molar-refractivity contribution in [2.24, 2.45) is 0 Å². The van der Waals surface area contributed by atoms with Crippen LogP contribution in [0.5, 0.6) is 0 Å². The van der Waals surface area contributed by atoms with E-state index in [2.05, 4.69) is 30.3 Å². The van der Waals surface area contributed by atoms with Crippen LogP contribution in [-0.2, 0) is 15.3 Å². The molecule has 0 bridgehead atoms. The predicted octanol–water partition coefficient (Wildman–Crippen LogP) is 9.36. The molecule has 3 nitrogen and oxygen atoms in total. The number of carbonyl (C=O) groups is 1. The van der Waals surface area contributed by atoms with Gasteiger partial charge in [0, 0.05) is 32.7 Å². The highest BCUT2D eigenvalue weighted by Gasteiger charge is 2.54. The van der Waals surface area contributed by atoms with Crippen molar-refractivity contribution >= 4 is 46.3 Å². The Morgan fingerprint density at radius 1 is 0.707 bits per heavy atom. The van der Waals surface area contributed by atoms with Crippen molar-refractivity contribution in [2.75, 3.05) is 4.90 Å². The monoisotopic (exact) mass is 571 g/mol. The van der Waals surface area contributed by atoms with E-state index in [9.17, 15) is 0 Å². The number of thioether (sulfide) groups is 1. The van der Waals surface area contributed by atoms with Crippen LogP contribution in [0.25, 0.3) is 11.3 Å². The number of hydrogen-bond acceptors (Lipinski definition) is 3. The van der Waals surface area contributed by atoms with Gasteiger partial charge in [-0.05, 0) is 35.4 Å². The van der Waals surface area contributed by atoms with Gasteiger partial charge in [-0.3, -0.25) is 9.69 Å². The second-order valence-electron chi connectivity index (χ2n) is 10.2. The lowest BCUT2D eigenvalue weighted by Crippen LogP contribution is -2.55. The average Bonchev–Trinajstić information content (AvgIpc) is 3.18. The smallest absolute Gasteiger partial charge is 0.266 e. The first-order valence-electron chi connectivity index (χ1n) is 13.6. The van der Waals surface area contributed by atoms with Crippen LogP contribution in [0, 0.1) is 0 Å². The fourth-order valence-corrected chi connectivity index (χ4v) is 7.26. The van der Waals surface area contributed by atoms with Gasteiger partial charge in [0.2, 0.25) is 5.72 Å². The third-order valence-electron chi connectivity index (χ3n) is 7.68. The number of anilines is 1. The third kappa shape index (κ3) is 4.54. The largest absolute Gasteiger partial charge is 0.462 e. The summed E-state index contributed by atoms with van der Waals surface area (Å²) in [6.07, 6.45) is 0.530. The zero-order valence-corrected chi connectivity index (χ0v) is 23.7. The summed E-state index contributed by atoms with van der Waals surface area (Å²) in [7, 11) is 0. The van der Waals surface area contributed by atoms with Gasteiger partial charge in [0.15, 0.2) is 0 Å². The summed E-state index contributed by atoms with van der Waals surface area (Å²) >= 11 is 8.04. The molecule has 5 heteroatoms.